The van der Waals surface area contributed by atoms with E-state index in [-0.39, 0.29) is 5.38 Å². The molecule has 18 heavy (non-hydrogen) atoms. The highest BCUT2D eigenvalue weighted by Gasteiger charge is 2.10. The standard InChI is InChI=1S/C17H19Cl/c1-12-5-4-6-15(9-12)17(18)11-16-10-13(2)7-8-14(16)3/h4-10,17H,11H2,1-3H3. The Labute approximate surface area is 115 Å². The number of benzene rings is 2. The van der Waals surface area contributed by atoms with Crippen molar-refractivity contribution in [2.45, 2.75) is 32.6 Å². The maximum Gasteiger partial charge on any atom is 0.0625 e. The zero-order chi connectivity index (χ0) is 13.1. The number of hydrogen-bond acceptors (Lipinski definition) is 0. The smallest absolute Gasteiger partial charge is 0.0625 e. The van der Waals surface area contributed by atoms with Crippen LogP contribution in [0.25, 0.3) is 0 Å². The predicted octanol–water partition coefficient (Wildman–Crippen LogP) is 5.13. The quantitative estimate of drug-likeness (QED) is 0.669. The minimum Gasteiger partial charge on any atom is -0.117 e. The fourth-order valence-corrected chi connectivity index (χ4v) is 2.50. The van der Waals surface area contributed by atoms with Gasteiger partial charge in [0.15, 0.2) is 0 Å². The number of rotatable bonds is 3. The van der Waals surface area contributed by atoms with Gasteiger partial charge in [0.1, 0.15) is 0 Å². The molecule has 1 unspecified atom stereocenters. The summed E-state index contributed by atoms with van der Waals surface area (Å²) in [6.07, 6.45) is 0.887. The van der Waals surface area contributed by atoms with Crippen LogP contribution < -0.4 is 0 Å². The molecule has 0 aliphatic heterocycles. The first kappa shape index (κ1) is 13.2. The van der Waals surface area contributed by atoms with Gasteiger partial charge in [-0.2, -0.15) is 0 Å². The summed E-state index contributed by atoms with van der Waals surface area (Å²) in [5.41, 5.74) is 6.43. The molecule has 0 nitrogen and oxygen atoms in total. The number of alkyl halides is 1. The lowest BCUT2D eigenvalue weighted by Gasteiger charge is -2.13. The molecule has 94 valence electrons. The largest absolute Gasteiger partial charge is 0.117 e. The highest BCUT2D eigenvalue weighted by molar-refractivity contribution is 6.20. The van der Waals surface area contributed by atoms with Crippen molar-refractivity contribution in [2.24, 2.45) is 0 Å². The topological polar surface area (TPSA) is 0 Å². The van der Waals surface area contributed by atoms with E-state index in [0.717, 1.165) is 6.42 Å². The van der Waals surface area contributed by atoms with Crippen LogP contribution in [0.1, 0.15) is 33.2 Å². The molecule has 0 saturated heterocycles. The minimum absolute atomic E-state index is 0.0467. The maximum absolute atomic E-state index is 6.54. The normalized spacial score (nSPS) is 12.4. The Morgan fingerprint density at radius 2 is 1.67 bits per heavy atom. The first-order valence-corrected chi connectivity index (χ1v) is 6.76. The van der Waals surface area contributed by atoms with Gasteiger partial charge < -0.3 is 0 Å². The summed E-state index contributed by atoms with van der Waals surface area (Å²) in [7, 11) is 0. The van der Waals surface area contributed by atoms with Crippen molar-refractivity contribution in [3.05, 3.63) is 70.3 Å². The third kappa shape index (κ3) is 3.14. The molecule has 0 spiro atoms. The Morgan fingerprint density at radius 3 is 2.39 bits per heavy atom. The Hall–Kier alpha value is -1.27. The van der Waals surface area contributed by atoms with Crippen molar-refractivity contribution in [1.29, 1.82) is 0 Å². The third-order valence-corrected chi connectivity index (χ3v) is 3.71. The molecule has 0 amide bonds. The zero-order valence-electron chi connectivity index (χ0n) is 11.2. The van der Waals surface area contributed by atoms with Gasteiger partial charge in [-0.3, -0.25) is 0 Å². The minimum atomic E-state index is 0.0467. The van der Waals surface area contributed by atoms with Gasteiger partial charge in [0, 0.05) is 0 Å². The lowest BCUT2D eigenvalue weighted by Crippen LogP contribution is -1.99. The molecule has 1 heteroatoms. The zero-order valence-corrected chi connectivity index (χ0v) is 12.0. The highest BCUT2D eigenvalue weighted by atomic mass is 35.5. The molecular formula is C17H19Cl. The van der Waals surface area contributed by atoms with Crippen molar-refractivity contribution in [3.8, 4) is 0 Å². The van der Waals surface area contributed by atoms with E-state index in [2.05, 4.69) is 63.2 Å². The predicted molar refractivity (Wildman–Crippen MR) is 79.4 cm³/mol. The van der Waals surface area contributed by atoms with Gasteiger partial charge in [0.2, 0.25) is 0 Å². The average Bonchev–Trinajstić information content (AvgIpc) is 2.34. The molecule has 2 aromatic rings. The summed E-state index contributed by atoms with van der Waals surface area (Å²) in [4.78, 5) is 0. The monoisotopic (exact) mass is 258 g/mol. The summed E-state index contributed by atoms with van der Waals surface area (Å²) in [6, 6.07) is 15.0. The first-order valence-electron chi connectivity index (χ1n) is 6.33. The van der Waals surface area contributed by atoms with E-state index >= 15 is 0 Å². The second kappa shape index (κ2) is 5.58. The van der Waals surface area contributed by atoms with E-state index in [4.69, 9.17) is 11.6 Å². The Morgan fingerprint density at radius 1 is 0.944 bits per heavy atom. The summed E-state index contributed by atoms with van der Waals surface area (Å²) < 4.78 is 0. The van der Waals surface area contributed by atoms with Gasteiger partial charge in [-0.15, -0.1) is 11.6 Å². The van der Waals surface area contributed by atoms with Crippen molar-refractivity contribution in [1.82, 2.24) is 0 Å². The van der Waals surface area contributed by atoms with Gasteiger partial charge in [-0.25, -0.2) is 0 Å². The number of halogens is 1. The van der Waals surface area contributed by atoms with Crippen molar-refractivity contribution in [3.63, 3.8) is 0 Å². The first-order chi connectivity index (χ1) is 8.56. The lowest BCUT2D eigenvalue weighted by atomic mass is 9.98. The molecule has 0 fully saturated rings. The second-order valence-corrected chi connectivity index (χ2v) is 5.54. The van der Waals surface area contributed by atoms with E-state index in [1.165, 1.54) is 27.8 Å². The molecule has 2 aromatic carbocycles. The van der Waals surface area contributed by atoms with E-state index in [1.807, 2.05) is 0 Å². The molecule has 0 saturated carbocycles. The van der Waals surface area contributed by atoms with Gasteiger partial charge in [-0.05, 0) is 43.9 Å². The van der Waals surface area contributed by atoms with Crippen molar-refractivity contribution < 1.29 is 0 Å². The van der Waals surface area contributed by atoms with Crippen LogP contribution in [0.15, 0.2) is 42.5 Å². The second-order valence-electron chi connectivity index (χ2n) is 5.02. The van der Waals surface area contributed by atoms with Crippen LogP contribution in [0.5, 0.6) is 0 Å². The number of hydrogen-bond donors (Lipinski definition) is 0. The highest BCUT2D eigenvalue weighted by Crippen LogP contribution is 2.27. The molecule has 0 aromatic heterocycles. The van der Waals surface area contributed by atoms with E-state index < -0.39 is 0 Å². The van der Waals surface area contributed by atoms with Crippen LogP contribution in [-0.4, -0.2) is 0 Å². The van der Waals surface area contributed by atoms with E-state index in [1.54, 1.807) is 0 Å². The molecule has 0 heterocycles. The molecule has 0 aliphatic carbocycles. The van der Waals surface area contributed by atoms with Crippen LogP contribution >= 0.6 is 11.6 Å². The van der Waals surface area contributed by atoms with E-state index in [9.17, 15) is 0 Å². The molecule has 1 atom stereocenters. The molecule has 0 N–H and O–H groups in total. The van der Waals surface area contributed by atoms with Crippen LogP contribution in [-0.2, 0) is 6.42 Å². The molecule has 0 aliphatic rings. The van der Waals surface area contributed by atoms with Gasteiger partial charge >= 0.3 is 0 Å². The maximum atomic E-state index is 6.54. The van der Waals surface area contributed by atoms with Gasteiger partial charge in [0.05, 0.1) is 5.38 Å². The fourth-order valence-electron chi connectivity index (χ4n) is 2.20. The van der Waals surface area contributed by atoms with E-state index in [0.29, 0.717) is 0 Å². The fraction of sp³-hybridized carbons (Fsp3) is 0.294. The van der Waals surface area contributed by atoms with Crippen LogP contribution in [0.3, 0.4) is 0 Å². The Bertz CT molecular complexity index is 543. The van der Waals surface area contributed by atoms with Crippen LogP contribution in [0.2, 0.25) is 0 Å². The van der Waals surface area contributed by atoms with Gasteiger partial charge in [-0.1, -0.05) is 53.6 Å². The summed E-state index contributed by atoms with van der Waals surface area (Å²) >= 11 is 6.54. The lowest BCUT2D eigenvalue weighted by molar-refractivity contribution is 0.907. The summed E-state index contributed by atoms with van der Waals surface area (Å²) in [5.74, 6) is 0. The van der Waals surface area contributed by atoms with Gasteiger partial charge in [0.25, 0.3) is 0 Å². The summed E-state index contributed by atoms with van der Waals surface area (Å²) in [5, 5.41) is 0.0467. The van der Waals surface area contributed by atoms with Crippen molar-refractivity contribution >= 4 is 11.6 Å². The number of aryl methyl sites for hydroxylation is 3. The average molecular weight is 259 g/mol. The Kier molecular flexibility index (Phi) is 4.08. The molecule has 0 radical (unpaired) electrons. The Balaban J connectivity index is 2.21. The SMILES string of the molecule is Cc1cccc(C(Cl)Cc2cc(C)ccc2C)c1. The van der Waals surface area contributed by atoms with Crippen LogP contribution in [0, 0.1) is 20.8 Å². The molecule has 2 rings (SSSR count). The van der Waals surface area contributed by atoms with Crippen molar-refractivity contribution in [2.75, 3.05) is 0 Å². The molecule has 0 bridgehead atoms. The van der Waals surface area contributed by atoms with Crippen LogP contribution in [0.4, 0.5) is 0 Å². The molecular weight excluding hydrogens is 240 g/mol. The summed E-state index contributed by atoms with van der Waals surface area (Å²) in [6.45, 7) is 6.37. The third-order valence-electron chi connectivity index (χ3n) is 3.31.